The zero-order valence-electron chi connectivity index (χ0n) is 38.1. The summed E-state index contributed by atoms with van der Waals surface area (Å²) < 4.78 is 14.1. The molecule has 0 bridgehead atoms. The lowest BCUT2D eigenvalue weighted by Crippen LogP contribution is -2.29. The molecule has 0 spiro atoms. The Morgan fingerprint density at radius 2 is 1.13 bits per heavy atom. The topological polar surface area (TPSA) is 18.5 Å². The number of hydrogen-bond acceptors (Lipinski definition) is 2. The fraction of sp³-hybridized carbons (Fsp3) is 0.0606. The third-order valence-electron chi connectivity index (χ3n) is 13.5. The molecule has 0 aromatic heterocycles. The molecule has 0 N–H and O–H groups in total. The average molecular weight is 875 g/mol. The summed E-state index contributed by atoms with van der Waals surface area (Å²) in [5.74, 6) is 2.75. The van der Waals surface area contributed by atoms with E-state index in [-0.39, 0.29) is 0 Å². The van der Waals surface area contributed by atoms with Gasteiger partial charge in [0.15, 0.2) is 23.0 Å². The Kier molecular flexibility index (Phi) is 11.4. The van der Waals surface area contributed by atoms with Crippen LogP contribution in [0.2, 0.25) is 0 Å². The predicted octanol–water partition coefficient (Wildman–Crippen LogP) is 17.7. The van der Waals surface area contributed by atoms with Gasteiger partial charge in [0.05, 0.1) is 5.41 Å². The van der Waals surface area contributed by atoms with E-state index in [1.165, 1.54) is 44.5 Å². The van der Waals surface area contributed by atoms with Crippen molar-refractivity contribution in [1.82, 2.24) is 0 Å². The van der Waals surface area contributed by atoms with Gasteiger partial charge in [-0.25, -0.2) is 0 Å². The first kappa shape index (κ1) is 42.2. The summed E-state index contributed by atoms with van der Waals surface area (Å²) in [6, 6.07) is 70.8. The van der Waals surface area contributed by atoms with Crippen LogP contribution >= 0.6 is 0 Å². The van der Waals surface area contributed by atoms with Crippen LogP contribution in [0.5, 0.6) is 23.0 Å². The summed E-state index contributed by atoms with van der Waals surface area (Å²) in [6.45, 7) is 6.82. The minimum Gasteiger partial charge on any atom is -0.449 e. The van der Waals surface area contributed by atoms with E-state index in [0.717, 1.165) is 57.4 Å². The third kappa shape index (κ3) is 7.70. The van der Waals surface area contributed by atoms with Crippen molar-refractivity contribution >= 4 is 22.8 Å². The van der Waals surface area contributed by atoms with Crippen LogP contribution in [0.3, 0.4) is 0 Å². The molecule has 0 radical (unpaired) electrons. The molecule has 1 heterocycles. The molecule has 8 aromatic carbocycles. The summed E-state index contributed by atoms with van der Waals surface area (Å²) in [4.78, 5) is 0. The smallest absolute Gasteiger partial charge is 0.177 e. The van der Waals surface area contributed by atoms with Gasteiger partial charge in [0.2, 0.25) is 0 Å². The molecule has 0 unspecified atom stereocenters. The Morgan fingerprint density at radius 3 is 1.81 bits per heavy atom. The van der Waals surface area contributed by atoms with Crippen molar-refractivity contribution in [1.29, 1.82) is 0 Å². The Balaban J connectivity index is 0.983. The lowest BCUT2D eigenvalue weighted by atomic mass is 9.67. The molecule has 8 aromatic rings. The molecule has 2 aliphatic carbocycles. The van der Waals surface area contributed by atoms with E-state index in [4.69, 9.17) is 16.1 Å². The van der Waals surface area contributed by atoms with Gasteiger partial charge >= 0.3 is 0 Å². The first-order valence-electron chi connectivity index (χ1n) is 23.5. The van der Waals surface area contributed by atoms with E-state index in [0.29, 0.717) is 23.0 Å². The number of fused-ring (bicyclic) bond motifs is 4. The number of allylic oxidation sites excluding steroid dienone is 12. The van der Waals surface area contributed by atoms with Gasteiger partial charge in [0.25, 0.3) is 0 Å². The fourth-order valence-corrected chi connectivity index (χ4v) is 10.3. The van der Waals surface area contributed by atoms with Crippen molar-refractivity contribution in [3.63, 3.8) is 0 Å². The SMILES string of the molecule is C=C(/C=C(/C1=CC=C(c2ccccc2)CC1)c1ccc(-c2ccccc2)cc1)c1ccccc1-c1cccc2c1Oc1ccc3c(c1O2)C=C(/C=C\C=C/C)C3(c1ccccc1)c1ccccc1. The van der Waals surface area contributed by atoms with Crippen LogP contribution in [0, 0.1) is 0 Å². The molecule has 3 aliphatic rings. The highest BCUT2D eigenvalue weighted by Crippen LogP contribution is 2.59. The largest absolute Gasteiger partial charge is 0.449 e. The summed E-state index contributed by atoms with van der Waals surface area (Å²) in [6.07, 6.45) is 19.5. The second kappa shape index (κ2) is 18.4. The normalized spacial score (nSPS) is 14.8. The fourth-order valence-electron chi connectivity index (χ4n) is 10.3. The molecule has 2 nitrogen and oxygen atoms in total. The molecular weight excluding hydrogens is 825 g/mol. The van der Waals surface area contributed by atoms with Gasteiger partial charge in [-0.2, -0.15) is 0 Å². The lowest BCUT2D eigenvalue weighted by molar-refractivity contribution is 0.359. The first-order valence-corrected chi connectivity index (χ1v) is 23.5. The van der Waals surface area contributed by atoms with Gasteiger partial charge < -0.3 is 9.47 Å². The Hall–Kier alpha value is -8.46. The van der Waals surface area contributed by atoms with E-state index in [1.54, 1.807) is 0 Å². The standard InChI is InChI=1S/C66H50O2/c1-3-4-9-29-55-45-60-61(66(55,53-25-14-7-15-26-53)54-27-16-8-17-28-54)42-43-63-65(60)67-62-33-20-32-58(64(62)68-63)57-31-19-18-30-56(57)46(2)44-59(51-38-34-49(35-39-51)47-21-10-5-11-22-47)52-40-36-50(37-41-52)48-23-12-6-13-24-48/h3-36,38-40,42-45H,2,37,41H2,1H3/b4-3-,29-9-,59-44+. The maximum absolute atomic E-state index is 7.05. The van der Waals surface area contributed by atoms with Crippen molar-refractivity contribution in [3.05, 3.63) is 299 Å². The highest BCUT2D eigenvalue weighted by Gasteiger charge is 2.46. The number of benzene rings is 8. The van der Waals surface area contributed by atoms with Crippen LogP contribution in [-0.4, -0.2) is 0 Å². The molecule has 0 amide bonds. The summed E-state index contributed by atoms with van der Waals surface area (Å²) in [5.41, 5.74) is 17.6. The number of para-hydroxylation sites is 1. The van der Waals surface area contributed by atoms with Crippen LogP contribution < -0.4 is 9.47 Å². The second-order valence-corrected chi connectivity index (χ2v) is 17.5. The summed E-state index contributed by atoms with van der Waals surface area (Å²) >= 11 is 0. The van der Waals surface area contributed by atoms with E-state index in [1.807, 2.05) is 13.0 Å². The van der Waals surface area contributed by atoms with E-state index in [2.05, 4.69) is 243 Å². The Bertz CT molecular complexity index is 3320. The van der Waals surface area contributed by atoms with Gasteiger partial charge in [-0.3, -0.25) is 0 Å². The zero-order chi connectivity index (χ0) is 45.9. The quantitative estimate of drug-likeness (QED) is 0.121. The highest BCUT2D eigenvalue weighted by molar-refractivity contribution is 5.95. The second-order valence-electron chi connectivity index (χ2n) is 17.5. The van der Waals surface area contributed by atoms with Crippen molar-refractivity contribution < 1.29 is 9.47 Å². The molecule has 68 heavy (non-hydrogen) atoms. The third-order valence-corrected chi connectivity index (χ3v) is 13.5. The molecule has 0 fully saturated rings. The van der Waals surface area contributed by atoms with Crippen LogP contribution in [0.15, 0.2) is 260 Å². The van der Waals surface area contributed by atoms with Crippen LogP contribution in [-0.2, 0) is 5.41 Å². The Labute approximate surface area is 400 Å². The average Bonchev–Trinajstić information content (AvgIpc) is 3.75. The molecule has 0 saturated heterocycles. The lowest BCUT2D eigenvalue weighted by Gasteiger charge is -2.35. The number of hydrogen-bond donors (Lipinski definition) is 0. The van der Waals surface area contributed by atoms with Crippen molar-refractivity contribution in [3.8, 4) is 45.3 Å². The number of ether oxygens (including phenoxy) is 2. The van der Waals surface area contributed by atoms with Gasteiger partial charge in [0.1, 0.15) is 0 Å². The predicted molar refractivity (Wildman–Crippen MR) is 284 cm³/mol. The summed E-state index contributed by atoms with van der Waals surface area (Å²) in [5, 5.41) is 0. The van der Waals surface area contributed by atoms with E-state index in [9.17, 15) is 0 Å². The van der Waals surface area contributed by atoms with E-state index >= 15 is 0 Å². The molecule has 0 saturated carbocycles. The highest BCUT2D eigenvalue weighted by atomic mass is 16.6. The van der Waals surface area contributed by atoms with Gasteiger partial charge in [-0.15, -0.1) is 0 Å². The minimum atomic E-state index is -0.569. The molecule has 0 atom stereocenters. The number of rotatable bonds is 11. The van der Waals surface area contributed by atoms with Crippen molar-refractivity contribution in [2.45, 2.75) is 25.2 Å². The summed E-state index contributed by atoms with van der Waals surface area (Å²) in [7, 11) is 0. The maximum Gasteiger partial charge on any atom is 0.177 e. The van der Waals surface area contributed by atoms with E-state index < -0.39 is 5.41 Å². The van der Waals surface area contributed by atoms with Crippen molar-refractivity contribution in [2.75, 3.05) is 0 Å². The van der Waals surface area contributed by atoms with Crippen LogP contribution in [0.4, 0.5) is 0 Å². The minimum absolute atomic E-state index is 0.569. The first-order chi connectivity index (χ1) is 33.6. The zero-order valence-corrected chi connectivity index (χ0v) is 38.1. The molecule has 11 rings (SSSR count). The van der Waals surface area contributed by atoms with Gasteiger partial charge in [-0.1, -0.05) is 231 Å². The monoisotopic (exact) mass is 874 g/mol. The molecule has 2 heteroatoms. The molecule has 1 aliphatic heterocycles. The Morgan fingerprint density at radius 1 is 0.529 bits per heavy atom. The van der Waals surface area contributed by atoms with Crippen molar-refractivity contribution in [2.24, 2.45) is 0 Å². The van der Waals surface area contributed by atoms with Crippen LogP contribution in [0.1, 0.15) is 58.7 Å². The maximum atomic E-state index is 7.05. The van der Waals surface area contributed by atoms with Crippen LogP contribution in [0.25, 0.3) is 45.0 Å². The molecular formula is C66H50O2. The molecule has 326 valence electrons. The van der Waals surface area contributed by atoms with Gasteiger partial charge in [-0.05, 0) is 122 Å². The van der Waals surface area contributed by atoms with Gasteiger partial charge in [0, 0.05) is 11.1 Å².